The van der Waals surface area contributed by atoms with Gasteiger partial charge in [0.05, 0.1) is 5.84 Å². The molecule has 1 aliphatic carbocycles. The highest BCUT2D eigenvalue weighted by Gasteiger charge is 2.30. The van der Waals surface area contributed by atoms with Gasteiger partial charge < -0.3 is 10.6 Å². The molecule has 0 heterocycles. The van der Waals surface area contributed by atoms with Crippen molar-refractivity contribution in [3.05, 3.63) is 0 Å². The van der Waals surface area contributed by atoms with Crippen molar-refractivity contribution < 1.29 is 0 Å². The second kappa shape index (κ2) is 3.90. The number of nitrogens with zero attached hydrogens (tertiary/aromatic N) is 1. The summed E-state index contributed by atoms with van der Waals surface area (Å²) in [6.07, 6.45) is 4.46. The van der Waals surface area contributed by atoms with Gasteiger partial charge in [-0.05, 0) is 26.3 Å². The zero-order chi connectivity index (χ0) is 9.14. The van der Waals surface area contributed by atoms with E-state index in [9.17, 15) is 0 Å². The SMILES string of the molecule is CCC(CC(=N)N)N(C)C1CC1. The number of hydrogen-bond donors (Lipinski definition) is 2. The third-order valence-electron chi connectivity index (χ3n) is 2.63. The van der Waals surface area contributed by atoms with Crippen molar-refractivity contribution in [3.63, 3.8) is 0 Å². The lowest BCUT2D eigenvalue weighted by Crippen LogP contribution is -2.36. The van der Waals surface area contributed by atoms with E-state index >= 15 is 0 Å². The van der Waals surface area contributed by atoms with Crippen molar-refractivity contribution in [2.75, 3.05) is 7.05 Å². The van der Waals surface area contributed by atoms with Crippen LogP contribution in [0.1, 0.15) is 32.6 Å². The molecule has 0 aliphatic heterocycles. The minimum Gasteiger partial charge on any atom is -0.388 e. The maximum absolute atomic E-state index is 7.23. The fourth-order valence-electron chi connectivity index (χ4n) is 1.61. The highest BCUT2D eigenvalue weighted by molar-refractivity contribution is 5.77. The smallest absolute Gasteiger partial charge is 0.0921 e. The van der Waals surface area contributed by atoms with E-state index in [4.69, 9.17) is 11.1 Å². The maximum Gasteiger partial charge on any atom is 0.0921 e. The Hall–Kier alpha value is -0.570. The van der Waals surface area contributed by atoms with E-state index in [0.717, 1.165) is 18.9 Å². The first-order chi connectivity index (χ1) is 5.65. The van der Waals surface area contributed by atoms with E-state index in [1.807, 2.05) is 0 Å². The molecule has 0 radical (unpaired) electrons. The van der Waals surface area contributed by atoms with Crippen LogP contribution < -0.4 is 5.73 Å². The van der Waals surface area contributed by atoms with Crippen LogP contribution in [-0.2, 0) is 0 Å². The molecule has 1 saturated carbocycles. The number of hydrogen-bond acceptors (Lipinski definition) is 2. The Labute approximate surface area is 74.4 Å². The third kappa shape index (κ3) is 2.48. The zero-order valence-electron chi connectivity index (χ0n) is 8.01. The predicted octanol–water partition coefficient (Wildman–Crippen LogP) is 1.19. The molecule has 0 aromatic heterocycles. The summed E-state index contributed by atoms with van der Waals surface area (Å²) in [6.45, 7) is 2.16. The molecule has 1 rings (SSSR count). The monoisotopic (exact) mass is 169 g/mol. The Morgan fingerprint density at radius 1 is 1.67 bits per heavy atom. The molecular weight excluding hydrogens is 150 g/mol. The molecule has 0 bridgehead atoms. The standard InChI is InChI=1S/C9H19N3/c1-3-7(6-9(10)11)12(2)8-4-5-8/h7-8H,3-6H2,1-2H3,(H3,10,11). The van der Waals surface area contributed by atoms with E-state index in [1.165, 1.54) is 12.8 Å². The lowest BCUT2D eigenvalue weighted by Gasteiger charge is -2.26. The van der Waals surface area contributed by atoms with Gasteiger partial charge in [-0.3, -0.25) is 5.41 Å². The van der Waals surface area contributed by atoms with E-state index in [2.05, 4.69) is 18.9 Å². The molecule has 3 heteroatoms. The van der Waals surface area contributed by atoms with Gasteiger partial charge in [-0.15, -0.1) is 0 Å². The van der Waals surface area contributed by atoms with Gasteiger partial charge in [-0.2, -0.15) is 0 Å². The molecule has 0 amide bonds. The summed E-state index contributed by atoms with van der Waals surface area (Å²) in [6, 6.07) is 1.25. The molecule has 0 aromatic rings. The van der Waals surface area contributed by atoms with Crippen LogP contribution in [0.25, 0.3) is 0 Å². The molecule has 0 saturated heterocycles. The van der Waals surface area contributed by atoms with Crippen LogP contribution in [0.15, 0.2) is 0 Å². The minimum absolute atomic E-state index is 0.314. The summed E-state index contributed by atoms with van der Waals surface area (Å²) in [7, 11) is 2.15. The second-order valence-corrected chi connectivity index (χ2v) is 3.69. The molecule has 70 valence electrons. The summed E-state index contributed by atoms with van der Waals surface area (Å²) >= 11 is 0. The number of nitrogens with one attached hydrogen (secondary N) is 1. The number of nitrogens with two attached hydrogens (primary N) is 1. The van der Waals surface area contributed by atoms with Crippen molar-refractivity contribution in [2.24, 2.45) is 5.73 Å². The van der Waals surface area contributed by atoms with Gasteiger partial charge >= 0.3 is 0 Å². The molecule has 12 heavy (non-hydrogen) atoms. The van der Waals surface area contributed by atoms with E-state index in [1.54, 1.807) is 0 Å². The molecular formula is C9H19N3. The molecule has 1 atom stereocenters. The van der Waals surface area contributed by atoms with Gasteiger partial charge in [0.15, 0.2) is 0 Å². The summed E-state index contributed by atoms with van der Waals surface area (Å²) in [5.41, 5.74) is 5.38. The van der Waals surface area contributed by atoms with Crippen molar-refractivity contribution >= 4 is 5.84 Å². The van der Waals surface area contributed by atoms with Crippen LogP contribution in [0.3, 0.4) is 0 Å². The largest absolute Gasteiger partial charge is 0.388 e. The Bertz CT molecular complexity index is 163. The molecule has 1 fully saturated rings. The van der Waals surface area contributed by atoms with Gasteiger partial charge in [-0.25, -0.2) is 0 Å². The van der Waals surface area contributed by atoms with E-state index in [0.29, 0.717) is 11.9 Å². The van der Waals surface area contributed by atoms with Crippen LogP contribution in [0, 0.1) is 5.41 Å². The van der Waals surface area contributed by atoms with Gasteiger partial charge in [0, 0.05) is 18.5 Å². The minimum atomic E-state index is 0.314. The number of amidine groups is 1. The Morgan fingerprint density at radius 3 is 2.58 bits per heavy atom. The highest BCUT2D eigenvalue weighted by atomic mass is 15.2. The Kier molecular flexibility index (Phi) is 3.09. The summed E-state index contributed by atoms with van der Waals surface area (Å²) in [4.78, 5) is 2.38. The average molecular weight is 169 g/mol. The lowest BCUT2D eigenvalue weighted by atomic mass is 10.1. The van der Waals surface area contributed by atoms with Crippen molar-refractivity contribution in [1.82, 2.24) is 4.90 Å². The second-order valence-electron chi connectivity index (χ2n) is 3.69. The Morgan fingerprint density at radius 2 is 2.25 bits per heavy atom. The first kappa shape index (κ1) is 9.52. The quantitative estimate of drug-likeness (QED) is 0.479. The molecule has 3 nitrogen and oxygen atoms in total. The lowest BCUT2D eigenvalue weighted by molar-refractivity contribution is 0.231. The van der Waals surface area contributed by atoms with Gasteiger partial charge in [0.2, 0.25) is 0 Å². The molecule has 1 aliphatic rings. The van der Waals surface area contributed by atoms with Crippen LogP contribution in [0.2, 0.25) is 0 Å². The molecule has 1 unspecified atom stereocenters. The van der Waals surface area contributed by atoms with Crippen LogP contribution in [0.5, 0.6) is 0 Å². The normalized spacial score (nSPS) is 19.6. The summed E-state index contributed by atoms with van der Waals surface area (Å²) in [5.74, 6) is 0.314. The summed E-state index contributed by atoms with van der Waals surface area (Å²) < 4.78 is 0. The van der Waals surface area contributed by atoms with Gasteiger partial charge in [-0.1, -0.05) is 6.92 Å². The molecule has 0 spiro atoms. The first-order valence-electron chi connectivity index (χ1n) is 4.70. The van der Waals surface area contributed by atoms with Crippen molar-refractivity contribution in [1.29, 1.82) is 5.41 Å². The zero-order valence-corrected chi connectivity index (χ0v) is 8.01. The van der Waals surface area contributed by atoms with E-state index < -0.39 is 0 Å². The van der Waals surface area contributed by atoms with Crippen molar-refractivity contribution in [2.45, 2.75) is 44.7 Å². The number of rotatable bonds is 5. The van der Waals surface area contributed by atoms with Crippen LogP contribution >= 0.6 is 0 Å². The topological polar surface area (TPSA) is 53.1 Å². The highest BCUT2D eigenvalue weighted by Crippen LogP contribution is 2.28. The Balaban J connectivity index is 2.36. The summed E-state index contributed by atoms with van der Waals surface area (Å²) in [5, 5.41) is 7.23. The van der Waals surface area contributed by atoms with E-state index in [-0.39, 0.29) is 0 Å². The average Bonchev–Trinajstić information content (AvgIpc) is 2.80. The fraction of sp³-hybridized carbons (Fsp3) is 0.889. The fourth-order valence-corrected chi connectivity index (χ4v) is 1.61. The van der Waals surface area contributed by atoms with Gasteiger partial charge in [0.1, 0.15) is 0 Å². The molecule has 3 N–H and O–H groups in total. The molecule has 0 aromatic carbocycles. The van der Waals surface area contributed by atoms with Crippen LogP contribution in [0.4, 0.5) is 0 Å². The maximum atomic E-state index is 7.23. The third-order valence-corrected chi connectivity index (χ3v) is 2.63. The predicted molar refractivity (Wildman–Crippen MR) is 51.4 cm³/mol. The van der Waals surface area contributed by atoms with Crippen molar-refractivity contribution in [3.8, 4) is 0 Å². The van der Waals surface area contributed by atoms with Gasteiger partial charge in [0.25, 0.3) is 0 Å². The van der Waals surface area contributed by atoms with Crippen LogP contribution in [-0.4, -0.2) is 29.9 Å². The first-order valence-corrected chi connectivity index (χ1v) is 4.70.